The van der Waals surface area contributed by atoms with Crippen molar-refractivity contribution in [3.05, 3.63) is 92.9 Å². The number of hydrogen-bond donors (Lipinski definition) is 3. The molecule has 2 atom stereocenters. The molecule has 2 unspecified atom stereocenters. The molecule has 0 fully saturated rings. The highest BCUT2D eigenvalue weighted by molar-refractivity contribution is 6.30. The van der Waals surface area contributed by atoms with Gasteiger partial charge in [-0.05, 0) is 48.7 Å². The number of aromatic hydroxyl groups is 1. The van der Waals surface area contributed by atoms with Crippen molar-refractivity contribution in [1.82, 2.24) is 9.88 Å². The number of rotatable bonds is 9. The summed E-state index contributed by atoms with van der Waals surface area (Å²) >= 11 is 5.98. The second kappa shape index (κ2) is 10.5. The molecule has 3 aromatic rings. The molecule has 31 heavy (non-hydrogen) atoms. The van der Waals surface area contributed by atoms with Gasteiger partial charge < -0.3 is 24.8 Å². The first kappa shape index (κ1) is 22.9. The summed E-state index contributed by atoms with van der Waals surface area (Å²) in [5, 5.41) is 23.7. The number of halogens is 1. The van der Waals surface area contributed by atoms with Crippen LogP contribution in [-0.4, -0.2) is 27.4 Å². The minimum Gasteiger partial charge on any atom is -0.503 e. The molecule has 0 saturated heterocycles. The van der Waals surface area contributed by atoms with Crippen molar-refractivity contribution >= 4 is 11.6 Å². The zero-order chi connectivity index (χ0) is 22.4. The molecule has 2 aromatic carbocycles. The summed E-state index contributed by atoms with van der Waals surface area (Å²) in [6.45, 7) is 2.74. The standard InChI is InChI=1S/C24H27ClN2O4/c1-16(26-13-23(29)18-4-3-5-19(25)11-18)10-17-6-8-21(9-7-17)31-15-20-12-22(28)24(30)14-27(20)2/h3-9,11-12,14,16,23,26,29-30H,10,13,15H2,1-2H3. The molecule has 164 valence electrons. The van der Waals surface area contributed by atoms with Gasteiger partial charge in [-0.2, -0.15) is 0 Å². The quantitative estimate of drug-likeness (QED) is 0.471. The van der Waals surface area contributed by atoms with E-state index in [2.05, 4.69) is 12.2 Å². The predicted molar refractivity (Wildman–Crippen MR) is 122 cm³/mol. The van der Waals surface area contributed by atoms with E-state index in [9.17, 15) is 15.0 Å². The third-order valence-corrected chi connectivity index (χ3v) is 5.30. The Morgan fingerprint density at radius 3 is 2.61 bits per heavy atom. The number of nitrogens with zero attached hydrogens (tertiary/aromatic N) is 1. The van der Waals surface area contributed by atoms with Crippen LogP contribution in [0.3, 0.4) is 0 Å². The van der Waals surface area contributed by atoms with Gasteiger partial charge in [0.1, 0.15) is 12.4 Å². The SMILES string of the molecule is CC(Cc1ccc(OCc2cc(=O)c(O)cn2C)cc1)NCC(O)c1cccc(Cl)c1. The fraction of sp³-hybridized carbons (Fsp3) is 0.292. The van der Waals surface area contributed by atoms with Crippen molar-refractivity contribution in [3.8, 4) is 11.5 Å². The van der Waals surface area contributed by atoms with Gasteiger partial charge in [-0.15, -0.1) is 0 Å². The first-order chi connectivity index (χ1) is 14.8. The highest BCUT2D eigenvalue weighted by Crippen LogP contribution is 2.18. The molecule has 3 N–H and O–H groups in total. The Morgan fingerprint density at radius 1 is 1.16 bits per heavy atom. The second-order valence-corrected chi connectivity index (χ2v) is 8.08. The van der Waals surface area contributed by atoms with Gasteiger partial charge in [0, 0.05) is 36.9 Å². The molecule has 0 aliphatic heterocycles. The monoisotopic (exact) mass is 442 g/mol. The normalized spacial score (nSPS) is 13.0. The van der Waals surface area contributed by atoms with Crippen molar-refractivity contribution in [1.29, 1.82) is 0 Å². The maximum atomic E-state index is 11.6. The molecule has 0 amide bonds. The van der Waals surface area contributed by atoms with Crippen LogP contribution in [0.25, 0.3) is 0 Å². The Hall–Kier alpha value is -2.80. The van der Waals surface area contributed by atoms with E-state index in [1.54, 1.807) is 23.7 Å². The minimum absolute atomic E-state index is 0.173. The lowest BCUT2D eigenvalue weighted by molar-refractivity contribution is 0.170. The zero-order valence-electron chi connectivity index (χ0n) is 17.6. The van der Waals surface area contributed by atoms with Gasteiger partial charge in [-0.25, -0.2) is 0 Å². The summed E-state index contributed by atoms with van der Waals surface area (Å²) in [5.41, 5.74) is 2.18. The maximum absolute atomic E-state index is 11.6. The third kappa shape index (κ3) is 6.59. The van der Waals surface area contributed by atoms with Crippen LogP contribution in [0.2, 0.25) is 5.02 Å². The van der Waals surface area contributed by atoms with E-state index in [0.29, 0.717) is 23.0 Å². The Kier molecular flexibility index (Phi) is 7.74. The Morgan fingerprint density at radius 2 is 1.90 bits per heavy atom. The lowest BCUT2D eigenvalue weighted by Crippen LogP contribution is -2.32. The Bertz CT molecular complexity index is 1070. The van der Waals surface area contributed by atoms with Crippen molar-refractivity contribution < 1.29 is 14.9 Å². The van der Waals surface area contributed by atoms with Gasteiger partial charge >= 0.3 is 0 Å². The molecule has 0 aliphatic rings. The summed E-state index contributed by atoms with van der Waals surface area (Å²) in [5.74, 6) is 0.416. The van der Waals surface area contributed by atoms with Crippen molar-refractivity contribution in [2.45, 2.75) is 32.1 Å². The fourth-order valence-electron chi connectivity index (χ4n) is 3.25. The number of aliphatic hydroxyl groups is 1. The molecular weight excluding hydrogens is 416 g/mol. The highest BCUT2D eigenvalue weighted by Gasteiger charge is 2.11. The molecule has 0 aliphatic carbocycles. The van der Waals surface area contributed by atoms with Gasteiger partial charge in [0.15, 0.2) is 5.75 Å². The molecule has 6 nitrogen and oxygen atoms in total. The molecule has 0 saturated carbocycles. The molecule has 0 radical (unpaired) electrons. The maximum Gasteiger partial charge on any atom is 0.223 e. The van der Waals surface area contributed by atoms with Crippen LogP contribution in [0.1, 0.15) is 29.8 Å². The molecule has 1 heterocycles. The van der Waals surface area contributed by atoms with E-state index in [0.717, 1.165) is 17.5 Å². The summed E-state index contributed by atoms with van der Waals surface area (Å²) in [4.78, 5) is 11.6. The number of aryl methyl sites for hydroxylation is 1. The predicted octanol–water partition coefficient (Wildman–Crippen LogP) is 3.58. The van der Waals surface area contributed by atoms with Gasteiger partial charge in [0.05, 0.1) is 11.8 Å². The Balaban J connectivity index is 1.48. The number of pyridine rings is 1. The summed E-state index contributed by atoms with van der Waals surface area (Å²) in [6, 6.07) is 16.6. The highest BCUT2D eigenvalue weighted by atomic mass is 35.5. The van der Waals surface area contributed by atoms with E-state index in [1.165, 1.54) is 12.3 Å². The lowest BCUT2D eigenvalue weighted by Gasteiger charge is -2.18. The molecular formula is C24H27ClN2O4. The molecule has 0 bridgehead atoms. The Labute approximate surface area is 186 Å². The largest absolute Gasteiger partial charge is 0.503 e. The van der Waals surface area contributed by atoms with E-state index in [1.807, 2.05) is 36.4 Å². The van der Waals surface area contributed by atoms with E-state index in [-0.39, 0.29) is 18.4 Å². The van der Waals surface area contributed by atoms with Gasteiger partial charge in [-0.1, -0.05) is 35.9 Å². The van der Waals surface area contributed by atoms with Gasteiger partial charge in [-0.3, -0.25) is 4.79 Å². The van der Waals surface area contributed by atoms with E-state index < -0.39 is 11.5 Å². The zero-order valence-corrected chi connectivity index (χ0v) is 18.3. The fourth-order valence-corrected chi connectivity index (χ4v) is 3.45. The molecule has 7 heteroatoms. The van der Waals surface area contributed by atoms with Crippen LogP contribution < -0.4 is 15.5 Å². The topological polar surface area (TPSA) is 83.7 Å². The molecule has 0 spiro atoms. The molecule has 3 rings (SSSR count). The van der Waals surface area contributed by atoms with Gasteiger partial charge in [0.2, 0.25) is 5.43 Å². The average Bonchev–Trinajstić information content (AvgIpc) is 2.74. The van der Waals surface area contributed by atoms with Crippen LogP contribution in [0.15, 0.2) is 65.6 Å². The number of ether oxygens (including phenoxy) is 1. The minimum atomic E-state index is -0.618. The van der Waals surface area contributed by atoms with Gasteiger partial charge in [0.25, 0.3) is 0 Å². The lowest BCUT2D eigenvalue weighted by atomic mass is 10.1. The first-order valence-electron chi connectivity index (χ1n) is 10.1. The van der Waals surface area contributed by atoms with Crippen LogP contribution >= 0.6 is 11.6 Å². The smallest absolute Gasteiger partial charge is 0.223 e. The number of benzene rings is 2. The third-order valence-electron chi connectivity index (χ3n) is 5.06. The van der Waals surface area contributed by atoms with E-state index in [4.69, 9.17) is 16.3 Å². The summed E-state index contributed by atoms with van der Waals surface area (Å²) in [7, 11) is 1.75. The van der Waals surface area contributed by atoms with Crippen molar-refractivity contribution in [2.75, 3.05) is 6.54 Å². The number of nitrogens with one attached hydrogen (secondary N) is 1. The van der Waals surface area contributed by atoms with Crippen molar-refractivity contribution in [2.24, 2.45) is 7.05 Å². The average molecular weight is 443 g/mol. The summed E-state index contributed by atoms with van der Waals surface area (Å²) < 4.78 is 7.43. The molecule has 1 aromatic heterocycles. The first-order valence-corrected chi connectivity index (χ1v) is 10.5. The number of hydrogen-bond acceptors (Lipinski definition) is 5. The number of aliphatic hydroxyl groups excluding tert-OH is 1. The summed E-state index contributed by atoms with van der Waals surface area (Å²) in [6.07, 6.45) is 1.56. The van der Waals surface area contributed by atoms with E-state index >= 15 is 0 Å². The van der Waals surface area contributed by atoms with Crippen molar-refractivity contribution in [3.63, 3.8) is 0 Å². The van der Waals surface area contributed by atoms with Crippen LogP contribution in [-0.2, 0) is 20.1 Å². The number of aromatic nitrogens is 1. The van der Waals surface area contributed by atoms with Crippen LogP contribution in [0.5, 0.6) is 11.5 Å². The van der Waals surface area contributed by atoms with Crippen LogP contribution in [0.4, 0.5) is 0 Å². The van der Waals surface area contributed by atoms with Crippen LogP contribution in [0, 0.1) is 0 Å². The second-order valence-electron chi connectivity index (χ2n) is 7.64.